The minimum absolute atomic E-state index is 0.0206. The summed E-state index contributed by atoms with van der Waals surface area (Å²) in [5, 5.41) is 10.8. The van der Waals surface area contributed by atoms with Gasteiger partial charge in [0, 0.05) is 24.2 Å². The van der Waals surface area contributed by atoms with Crippen molar-refractivity contribution < 1.29 is 19.2 Å². The van der Waals surface area contributed by atoms with Crippen LogP contribution >= 0.6 is 0 Å². The number of fused-ring (bicyclic) bond motifs is 1. The highest BCUT2D eigenvalue weighted by Crippen LogP contribution is 2.30. The van der Waals surface area contributed by atoms with E-state index in [1.54, 1.807) is 13.8 Å². The van der Waals surface area contributed by atoms with Crippen molar-refractivity contribution in [2.75, 3.05) is 11.4 Å². The number of hydrogen-bond donors (Lipinski definition) is 0. The fourth-order valence-corrected chi connectivity index (χ4v) is 2.26. The molecule has 0 aromatic heterocycles. The summed E-state index contributed by atoms with van der Waals surface area (Å²) >= 11 is 0. The minimum Gasteiger partial charge on any atom is -0.462 e. The van der Waals surface area contributed by atoms with Gasteiger partial charge in [0.05, 0.1) is 11.0 Å². The largest absolute Gasteiger partial charge is 0.462 e. The van der Waals surface area contributed by atoms with Crippen molar-refractivity contribution in [3.63, 3.8) is 0 Å². The van der Waals surface area contributed by atoms with Crippen LogP contribution in [0, 0.1) is 10.1 Å². The summed E-state index contributed by atoms with van der Waals surface area (Å²) in [5.41, 5.74) is 1.21. The molecule has 1 heterocycles. The first-order chi connectivity index (χ1) is 9.88. The summed E-state index contributed by atoms with van der Waals surface area (Å²) in [7, 11) is 0. The Bertz CT molecular complexity index is 597. The number of aryl methyl sites for hydroxylation is 1. The molecule has 7 nitrogen and oxygen atoms in total. The Balaban J connectivity index is 2.26. The van der Waals surface area contributed by atoms with Gasteiger partial charge in [-0.1, -0.05) is 0 Å². The second-order valence-corrected chi connectivity index (χ2v) is 5.09. The lowest BCUT2D eigenvalue weighted by Gasteiger charge is -2.28. The molecule has 0 unspecified atom stereocenters. The van der Waals surface area contributed by atoms with Crippen LogP contribution in [0.15, 0.2) is 18.2 Å². The Hall–Kier alpha value is -2.44. The maximum atomic E-state index is 12.0. The molecule has 1 aromatic rings. The molecular formula is C14H16N2O5. The predicted molar refractivity (Wildman–Crippen MR) is 75.0 cm³/mol. The molecule has 0 aliphatic carbocycles. The molecule has 0 saturated carbocycles. The van der Waals surface area contributed by atoms with Gasteiger partial charge in [-0.25, -0.2) is 0 Å². The number of amides is 1. The van der Waals surface area contributed by atoms with Gasteiger partial charge in [0.25, 0.3) is 5.69 Å². The van der Waals surface area contributed by atoms with Crippen LogP contribution in [-0.2, 0) is 20.7 Å². The fraction of sp³-hybridized carbons (Fsp3) is 0.429. The third-order valence-electron chi connectivity index (χ3n) is 3.13. The average molecular weight is 292 g/mol. The summed E-state index contributed by atoms with van der Waals surface area (Å²) in [5.74, 6) is -0.679. The fourth-order valence-electron chi connectivity index (χ4n) is 2.26. The molecule has 1 amide bonds. The Morgan fingerprint density at radius 1 is 1.43 bits per heavy atom. The predicted octanol–water partition coefficient (Wildman–Crippen LogP) is 1.83. The minimum atomic E-state index is -0.496. The molecule has 2 rings (SSSR count). The van der Waals surface area contributed by atoms with Crippen LogP contribution in [0.25, 0.3) is 0 Å². The van der Waals surface area contributed by atoms with E-state index in [9.17, 15) is 19.7 Å². The van der Waals surface area contributed by atoms with E-state index in [0.29, 0.717) is 17.7 Å². The lowest BCUT2D eigenvalue weighted by Crippen LogP contribution is -2.40. The molecule has 0 N–H and O–H groups in total. The van der Waals surface area contributed by atoms with E-state index in [0.717, 1.165) is 0 Å². The van der Waals surface area contributed by atoms with Crippen LogP contribution in [0.2, 0.25) is 0 Å². The first-order valence-corrected chi connectivity index (χ1v) is 6.65. The summed E-state index contributed by atoms with van der Waals surface area (Å²) < 4.78 is 5.04. The number of nitrogens with zero attached hydrogens (tertiary/aromatic N) is 2. The van der Waals surface area contributed by atoms with Gasteiger partial charge in [-0.15, -0.1) is 0 Å². The van der Waals surface area contributed by atoms with Gasteiger partial charge in [-0.2, -0.15) is 0 Å². The highest BCUT2D eigenvalue weighted by molar-refractivity contribution is 6.00. The van der Waals surface area contributed by atoms with Gasteiger partial charge < -0.3 is 9.64 Å². The molecule has 0 fully saturated rings. The Kier molecular flexibility index (Phi) is 4.21. The number of benzene rings is 1. The second kappa shape index (κ2) is 5.90. The van der Waals surface area contributed by atoms with Gasteiger partial charge in [0.15, 0.2) is 0 Å². The zero-order chi connectivity index (χ0) is 15.6. The summed E-state index contributed by atoms with van der Waals surface area (Å²) in [6, 6.07) is 4.29. The highest BCUT2D eigenvalue weighted by atomic mass is 16.6. The van der Waals surface area contributed by atoms with Crippen molar-refractivity contribution in [2.24, 2.45) is 0 Å². The number of nitro benzene ring substituents is 1. The van der Waals surface area contributed by atoms with Crippen LogP contribution in [0.3, 0.4) is 0 Å². The lowest BCUT2D eigenvalue weighted by atomic mass is 10.0. The monoisotopic (exact) mass is 292 g/mol. The van der Waals surface area contributed by atoms with E-state index >= 15 is 0 Å². The molecule has 112 valence electrons. The third-order valence-corrected chi connectivity index (χ3v) is 3.13. The van der Waals surface area contributed by atoms with E-state index in [1.807, 2.05) is 0 Å². The molecule has 1 aliphatic heterocycles. The van der Waals surface area contributed by atoms with Crippen LogP contribution in [0.1, 0.15) is 25.8 Å². The first kappa shape index (κ1) is 15.0. The molecule has 0 saturated heterocycles. The number of anilines is 1. The number of carbonyl (C=O) groups is 2. The van der Waals surface area contributed by atoms with Crippen molar-refractivity contribution in [1.82, 2.24) is 0 Å². The molecule has 1 aromatic carbocycles. The SMILES string of the molecule is CC(C)OC(=O)CN1C(=O)CCc2cc([N+](=O)[O-])ccc21. The molecule has 21 heavy (non-hydrogen) atoms. The highest BCUT2D eigenvalue weighted by Gasteiger charge is 2.28. The number of hydrogen-bond acceptors (Lipinski definition) is 5. The Labute approximate surface area is 121 Å². The van der Waals surface area contributed by atoms with Crippen LogP contribution in [0.5, 0.6) is 0 Å². The number of ether oxygens (including phenoxy) is 1. The Morgan fingerprint density at radius 2 is 2.14 bits per heavy atom. The summed E-state index contributed by atoms with van der Waals surface area (Å²) in [4.78, 5) is 35.3. The van der Waals surface area contributed by atoms with Crippen molar-refractivity contribution in [3.8, 4) is 0 Å². The maximum absolute atomic E-state index is 12.0. The first-order valence-electron chi connectivity index (χ1n) is 6.65. The number of carbonyl (C=O) groups excluding carboxylic acids is 2. The lowest BCUT2D eigenvalue weighted by molar-refractivity contribution is -0.384. The number of esters is 1. The van der Waals surface area contributed by atoms with E-state index in [2.05, 4.69) is 0 Å². The van der Waals surface area contributed by atoms with Gasteiger partial charge in [-0.05, 0) is 31.9 Å². The molecule has 0 spiro atoms. The second-order valence-electron chi connectivity index (χ2n) is 5.09. The average Bonchev–Trinajstić information content (AvgIpc) is 2.40. The third kappa shape index (κ3) is 3.36. The molecular weight excluding hydrogens is 276 g/mol. The zero-order valence-corrected chi connectivity index (χ0v) is 11.9. The van der Waals surface area contributed by atoms with Gasteiger partial charge >= 0.3 is 5.97 Å². The molecule has 0 atom stereocenters. The molecule has 0 bridgehead atoms. The van der Waals surface area contributed by atoms with Gasteiger partial charge in [-0.3, -0.25) is 19.7 Å². The van der Waals surface area contributed by atoms with E-state index in [4.69, 9.17) is 4.74 Å². The van der Waals surface area contributed by atoms with E-state index < -0.39 is 10.9 Å². The van der Waals surface area contributed by atoms with Crippen LogP contribution in [0.4, 0.5) is 11.4 Å². The van der Waals surface area contributed by atoms with Gasteiger partial charge in [0.1, 0.15) is 6.54 Å². The van der Waals surface area contributed by atoms with Crippen molar-refractivity contribution in [3.05, 3.63) is 33.9 Å². The number of non-ortho nitro benzene ring substituents is 1. The zero-order valence-electron chi connectivity index (χ0n) is 11.9. The van der Waals surface area contributed by atoms with Crippen molar-refractivity contribution >= 4 is 23.3 Å². The van der Waals surface area contributed by atoms with Gasteiger partial charge in [0.2, 0.25) is 5.91 Å². The van der Waals surface area contributed by atoms with Crippen LogP contribution in [-0.4, -0.2) is 29.4 Å². The summed E-state index contributed by atoms with van der Waals surface area (Å²) in [6.45, 7) is 3.28. The smallest absolute Gasteiger partial charge is 0.326 e. The normalized spacial score (nSPS) is 14.0. The maximum Gasteiger partial charge on any atom is 0.326 e. The van der Waals surface area contributed by atoms with Crippen LogP contribution < -0.4 is 4.90 Å². The number of rotatable bonds is 4. The molecule has 0 radical (unpaired) electrons. The topological polar surface area (TPSA) is 89.8 Å². The molecule has 1 aliphatic rings. The van der Waals surface area contributed by atoms with Crippen molar-refractivity contribution in [1.29, 1.82) is 0 Å². The number of nitro groups is 1. The summed E-state index contributed by atoms with van der Waals surface area (Å²) in [6.07, 6.45) is 0.406. The quantitative estimate of drug-likeness (QED) is 0.479. The van der Waals surface area contributed by atoms with Crippen molar-refractivity contribution in [2.45, 2.75) is 32.8 Å². The Morgan fingerprint density at radius 3 is 2.76 bits per heavy atom. The van der Waals surface area contributed by atoms with E-state index in [1.165, 1.54) is 23.1 Å². The van der Waals surface area contributed by atoms with E-state index in [-0.39, 0.29) is 30.7 Å². The standard InChI is InChI=1S/C14H16N2O5/c1-9(2)21-14(18)8-15-12-5-4-11(16(19)20)7-10(12)3-6-13(15)17/h4-5,7,9H,3,6,8H2,1-2H3. The molecule has 7 heteroatoms.